The van der Waals surface area contributed by atoms with E-state index >= 15 is 0 Å². The molecule has 1 aliphatic heterocycles. The zero-order valence-electron chi connectivity index (χ0n) is 22.2. The molecule has 204 valence electrons. The molecule has 1 saturated carbocycles. The molecule has 0 amide bonds. The molecular formula is C25H46N2O8. The van der Waals surface area contributed by atoms with Crippen LogP contribution in [0.25, 0.3) is 0 Å². The van der Waals surface area contributed by atoms with E-state index in [4.69, 9.17) is 18.9 Å². The van der Waals surface area contributed by atoms with E-state index in [2.05, 4.69) is 25.6 Å². The first-order valence-electron chi connectivity index (χ1n) is 12.6. The van der Waals surface area contributed by atoms with Crippen LogP contribution in [0.4, 0.5) is 0 Å². The van der Waals surface area contributed by atoms with E-state index < -0.39 is 48.1 Å². The van der Waals surface area contributed by atoms with E-state index in [9.17, 15) is 20.2 Å². The molecule has 10 nitrogen and oxygen atoms in total. The van der Waals surface area contributed by atoms with Crippen LogP contribution < -0.4 is 0 Å². The van der Waals surface area contributed by atoms with Crippen molar-refractivity contribution in [2.24, 2.45) is 17.0 Å². The van der Waals surface area contributed by atoms with Crippen molar-refractivity contribution < 1.29 is 34.3 Å². The summed E-state index contributed by atoms with van der Waals surface area (Å²) >= 11 is 0. The normalized spacial score (nSPS) is 41.2. The summed E-state index contributed by atoms with van der Waals surface area (Å²) in [7, 11) is 3.46. The van der Waals surface area contributed by atoms with Crippen molar-refractivity contribution in [2.75, 3.05) is 27.4 Å². The van der Waals surface area contributed by atoms with E-state index in [0.717, 1.165) is 0 Å². The standard InChI is InChI=1S/C25H46N2O8/c1-9-17-18(10-2)35-20(21(26-31)22(17)29)13-33-25(6)23(30)19(11-16(12-28)24(25)32-8)34-15(5)27(7)14(3)4/h9,14-24,28-30H,1,10-13H2,2-8H3. The summed E-state index contributed by atoms with van der Waals surface area (Å²) < 4.78 is 24.3. The summed E-state index contributed by atoms with van der Waals surface area (Å²) in [6.45, 7) is 13.1. The first-order valence-corrected chi connectivity index (χ1v) is 12.6. The number of hydrogen-bond donors (Lipinski definition) is 3. The van der Waals surface area contributed by atoms with E-state index in [1.807, 2.05) is 25.8 Å². The number of nitrogens with zero attached hydrogens (tertiary/aromatic N) is 2. The van der Waals surface area contributed by atoms with Gasteiger partial charge in [-0.1, -0.05) is 18.2 Å². The first kappa shape index (κ1) is 30.2. The van der Waals surface area contributed by atoms with Crippen LogP contribution >= 0.6 is 0 Å². The van der Waals surface area contributed by atoms with Gasteiger partial charge in [0, 0.05) is 31.6 Å². The molecule has 2 aliphatic rings. The largest absolute Gasteiger partial charge is 0.396 e. The average molecular weight is 503 g/mol. The molecule has 0 aromatic carbocycles. The second-order valence-corrected chi connectivity index (χ2v) is 10.3. The first-order chi connectivity index (χ1) is 16.5. The Balaban J connectivity index is 2.27. The van der Waals surface area contributed by atoms with Gasteiger partial charge in [-0.25, -0.2) is 0 Å². The summed E-state index contributed by atoms with van der Waals surface area (Å²) in [4.78, 5) is 13.7. The number of methoxy groups -OCH3 is 1. The quantitative estimate of drug-likeness (QED) is 0.207. The van der Waals surface area contributed by atoms with Gasteiger partial charge in [-0.3, -0.25) is 4.90 Å². The lowest BCUT2D eigenvalue weighted by Crippen LogP contribution is -2.66. The SMILES string of the molecule is C=CC1C(CC)OC(COC2(C)C(O)C(OC(C)N(C)C(C)C)CC(CO)C2OC)C(N=O)C1O. The zero-order chi connectivity index (χ0) is 26.5. The maximum absolute atomic E-state index is 11.6. The fourth-order valence-electron chi connectivity index (χ4n) is 5.47. The molecule has 10 heteroatoms. The number of hydrogen-bond acceptors (Lipinski definition) is 10. The molecule has 35 heavy (non-hydrogen) atoms. The lowest BCUT2D eigenvalue weighted by molar-refractivity contribution is -0.276. The van der Waals surface area contributed by atoms with Gasteiger partial charge in [-0.2, -0.15) is 4.91 Å². The smallest absolute Gasteiger partial charge is 0.147 e. The van der Waals surface area contributed by atoms with E-state index in [1.165, 1.54) is 7.11 Å². The highest BCUT2D eigenvalue weighted by atomic mass is 16.6. The minimum atomic E-state index is -1.28. The maximum atomic E-state index is 11.6. The number of aliphatic hydroxyl groups is 3. The second kappa shape index (κ2) is 13.0. The maximum Gasteiger partial charge on any atom is 0.147 e. The van der Waals surface area contributed by atoms with Crippen molar-refractivity contribution >= 4 is 0 Å². The molecule has 1 aliphatic carbocycles. The van der Waals surface area contributed by atoms with Crippen LogP contribution in [0.5, 0.6) is 0 Å². The van der Waals surface area contributed by atoms with Gasteiger partial charge >= 0.3 is 0 Å². The highest BCUT2D eigenvalue weighted by Gasteiger charge is 2.55. The monoisotopic (exact) mass is 502 g/mol. The molecule has 0 aromatic rings. The van der Waals surface area contributed by atoms with Crippen LogP contribution in [0, 0.1) is 16.7 Å². The van der Waals surface area contributed by atoms with Crippen molar-refractivity contribution in [3.63, 3.8) is 0 Å². The number of aliphatic hydroxyl groups excluding tert-OH is 3. The predicted octanol–water partition coefficient (Wildman–Crippen LogP) is 1.70. The third kappa shape index (κ3) is 6.30. The Kier molecular flexibility index (Phi) is 11.2. The lowest BCUT2D eigenvalue weighted by Gasteiger charge is -2.52. The van der Waals surface area contributed by atoms with Crippen molar-refractivity contribution in [1.29, 1.82) is 0 Å². The molecule has 3 N–H and O–H groups in total. The average Bonchev–Trinajstić information content (AvgIpc) is 2.84. The van der Waals surface area contributed by atoms with Crippen LogP contribution in [-0.2, 0) is 18.9 Å². The highest BCUT2D eigenvalue weighted by Crippen LogP contribution is 2.40. The summed E-state index contributed by atoms with van der Waals surface area (Å²) in [5, 5.41) is 35.4. The van der Waals surface area contributed by atoms with Crippen molar-refractivity contribution in [1.82, 2.24) is 4.90 Å². The van der Waals surface area contributed by atoms with Gasteiger partial charge in [0.25, 0.3) is 0 Å². The topological polar surface area (TPSA) is 130 Å². The number of ether oxygens (including phenoxy) is 4. The predicted molar refractivity (Wildman–Crippen MR) is 132 cm³/mol. The van der Waals surface area contributed by atoms with E-state index in [1.54, 1.807) is 13.0 Å². The Bertz CT molecular complexity index is 682. The molecule has 11 atom stereocenters. The Morgan fingerprint density at radius 3 is 2.43 bits per heavy atom. The van der Waals surface area contributed by atoms with E-state index in [-0.39, 0.29) is 37.5 Å². The van der Waals surface area contributed by atoms with Crippen LogP contribution in [0.15, 0.2) is 17.8 Å². The molecule has 2 fully saturated rings. The minimum Gasteiger partial charge on any atom is -0.396 e. The van der Waals surface area contributed by atoms with E-state index in [0.29, 0.717) is 12.8 Å². The third-order valence-corrected chi connectivity index (χ3v) is 7.97. The Labute approximate surface area is 209 Å². The van der Waals surface area contributed by atoms with Gasteiger partial charge in [0.05, 0.1) is 31.0 Å². The summed E-state index contributed by atoms with van der Waals surface area (Å²) in [6, 6.07) is -0.811. The minimum absolute atomic E-state index is 0.104. The highest BCUT2D eigenvalue weighted by molar-refractivity contribution is 5.06. The second-order valence-electron chi connectivity index (χ2n) is 10.3. The number of nitroso groups, excluding NO2 is 1. The Hall–Kier alpha value is -0.980. The third-order valence-electron chi connectivity index (χ3n) is 7.97. The molecule has 0 radical (unpaired) electrons. The molecule has 1 heterocycles. The fourth-order valence-corrected chi connectivity index (χ4v) is 5.47. The molecular weight excluding hydrogens is 456 g/mol. The van der Waals surface area contributed by atoms with Crippen molar-refractivity contribution in [3.8, 4) is 0 Å². The lowest BCUT2D eigenvalue weighted by atomic mass is 9.72. The molecule has 0 bridgehead atoms. The molecule has 1 saturated heterocycles. The van der Waals surface area contributed by atoms with Crippen LogP contribution in [0.1, 0.15) is 47.5 Å². The molecule has 2 rings (SSSR count). The van der Waals surface area contributed by atoms with Gasteiger partial charge in [0.15, 0.2) is 0 Å². The molecule has 0 spiro atoms. The number of rotatable bonds is 12. The van der Waals surface area contributed by atoms with Crippen LogP contribution in [0.3, 0.4) is 0 Å². The van der Waals surface area contributed by atoms with Crippen LogP contribution in [-0.4, -0.2) is 108 Å². The molecule has 0 aromatic heterocycles. The van der Waals surface area contributed by atoms with Gasteiger partial charge in [-0.15, -0.1) is 6.58 Å². The zero-order valence-corrected chi connectivity index (χ0v) is 22.2. The van der Waals surface area contributed by atoms with Gasteiger partial charge in [0.1, 0.15) is 30.1 Å². The summed E-state index contributed by atoms with van der Waals surface area (Å²) in [6.07, 6.45) is -2.24. The van der Waals surface area contributed by atoms with Crippen molar-refractivity contribution in [3.05, 3.63) is 17.6 Å². The van der Waals surface area contributed by atoms with Crippen molar-refractivity contribution in [2.45, 2.75) is 108 Å². The summed E-state index contributed by atoms with van der Waals surface area (Å²) in [5.41, 5.74) is -1.28. The van der Waals surface area contributed by atoms with Gasteiger partial charge < -0.3 is 34.3 Å². The Morgan fingerprint density at radius 1 is 1.29 bits per heavy atom. The van der Waals surface area contributed by atoms with Gasteiger partial charge in [0.2, 0.25) is 0 Å². The Morgan fingerprint density at radius 2 is 1.94 bits per heavy atom. The molecule has 11 unspecified atom stereocenters. The fraction of sp³-hybridized carbons (Fsp3) is 0.920. The van der Waals surface area contributed by atoms with Gasteiger partial charge in [-0.05, 0) is 47.6 Å². The summed E-state index contributed by atoms with van der Waals surface area (Å²) in [5.74, 6) is -0.765. The van der Waals surface area contributed by atoms with Crippen LogP contribution in [0.2, 0.25) is 0 Å².